The molecule has 0 fully saturated rings. The highest BCUT2D eigenvalue weighted by molar-refractivity contribution is 5.58. The highest BCUT2D eigenvalue weighted by Crippen LogP contribution is 2.17. The van der Waals surface area contributed by atoms with Crippen LogP contribution in [-0.2, 0) is 6.42 Å². The largest absolute Gasteiger partial charge is 0.382 e. The third-order valence-corrected chi connectivity index (χ3v) is 2.46. The van der Waals surface area contributed by atoms with Gasteiger partial charge in [0.25, 0.3) is 0 Å². The number of hydrogen-bond acceptors (Lipinski definition) is 3. The van der Waals surface area contributed by atoms with Crippen LogP contribution in [0.2, 0.25) is 0 Å². The Morgan fingerprint density at radius 3 is 2.38 bits per heavy atom. The maximum absolute atomic E-state index is 5.49. The third-order valence-electron chi connectivity index (χ3n) is 2.46. The Hall–Kier alpha value is -1.90. The lowest BCUT2D eigenvalue weighted by Crippen LogP contribution is -1.92. The van der Waals surface area contributed by atoms with Crippen LogP contribution in [0.25, 0.3) is 11.3 Å². The number of nitrogen functional groups attached to an aromatic ring is 1. The molecule has 0 amide bonds. The molecule has 1 aromatic heterocycles. The summed E-state index contributed by atoms with van der Waals surface area (Å²) in [6.07, 6.45) is 5.56. The van der Waals surface area contributed by atoms with E-state index in [1.165, 1.54) is 12.0 Å². The van der Waals surface area contributed by atoms with Crippen LogP contribution < -0.4 is 5.73 Å². The average molecular weight is 213 g/mol. The van der Waals surface area contributed by atoms with Crippen LogP contribution in [0.4, 0.5) is 5.82 Å². The zero-order valence-electron chi connectivity index (χ0n) is 9.35. The molecule has 16 heavy (non-hydrogen) atoms. The van der Waals surface area contributed by atoms with Gasteiger partial charge in [0.2, 0.25) is 0 Å². The van der Waals surface area contributed by atoms with E-state index in [0.29, 0.717) is 5.82 Å². The molecule has 0 bridgehead atoms. The number of benzene rings is 1. The first-order valence-corrected chi connectivity index (χ1v) is 5.46. The molecule has 2 aromatic rings. The van der Waals surface area contributed by atoms with Crippen LogP contribution in [0.1, 0.15) is 18.9 Å². The van der Waals surface area contributed by atoms with Crippen LogP contribution in [0.3, 0.4) is 0 Å². The Kier molecular flexibility index (Phi) is 3.15. The van der Waals surface area contributed by atoms with E-state index in [1.807, 2.05) is 0 Å². The molecule has 0 aliphatic heterocycles. The van der Waals surface area contributed by atoms with Gasteiger partial charge in [-0.15, -0.1) is 0 Å². The van der Waals surface area contributed by atoms with Crippen molar-refractivity contribution in [2.24, 2.45) is 0 Å². The Morgan fingerprint density at radius 1 is 1.06 bits per heavy atom. The summed E-state index contributed by atoms with van der Waals surface area (Å²) in [6, 6.07) is 8.42. The van der Waals surface area contributed by atoms with Gasteiger partial charge in [0.15, 0.2) is 0 Å². The van der Waals surface area contributed by atoms with E-state index in [0.717, 1.165) is 17.7 Å². The maximum atomic E-state index is 5.49. The van der Waals surface area contributed by atoms with Crippen LogP contribution in [0, 0.1) is 0 Å². The van der Waals surface area contributed by atoms with Crippen molar-refractivity contribution in [2.45, 2.75) is 19.8 Å². The Bertz CT molecular complexity index is 446. The number of aromatic nitrogens is 2. The molecule has 1 heterocycles. The van der Waals surface area contributed by atoms with Crippen molar-refractivity contribution in [3.05, 3.63) is 42.2 Å². The minimum Gasteiger partial charge on any atom is -0.382 e. The van der Waals surface area contributed by atoms with Crippen molar-refractivity contribution >= 4 is 5.82 Å². The van der Waals surface area contributed by atoms with Crippen LogP contribution in [0.5, 0.6) is 0 Å². The van der Waals surface area contributed by atoms with Gasteiger partial charge in [-0.2, -0.15) is 0 Å². The molecule has 3 heteroatoms. The van der Waals surface area contributed by atoms with Crippen molar-refractivity contribution in [3.8, 4) is 11.3 Å². The van der Waals surface area contributed by atoms with Crippen LogP contribution in [0.15, 0.2) is 36.7 Å². The smallest absolute Gasteiger partial charge is 0.141 e. The minimum absolute atomic E-state index is 0.450. The lowest BCUT2D eigenvalue weighted by Gasteiger charge is -2.02. The van der Waals surface area contributed by atoms with Crippen molar-refractivity contribution in [2.75, 3.05) is 5.73 Å². The third kappa shape index (κ3) is 2.37. The predicted octanol–water partition coefficient (Wildman–Crippen LogP) is 2.68. The van der Waals surface area contributed by atoms with E-state index >= 15 is 0 Å². The van der Waals surface area contributed by atoms with Gasteiger partial charge in [0.05, 0.1) is 18.1 Å². The number of nitrogens with two attached hydrogens (primary N) is 1. The van der Waals surface area contributed by atoms with Gasteiger partial charge in [-0.25, -0.2) is 4.98 Å². The van der Waals surface area contributed by atoms with Gasteiger partial charge >= 0.3 is 0 Å². The summed E-state index contributed by atoms with van der Waals surface area (Å²) in [5.74, 6) is 0.450. The Morgan fingerprint density at radius 2 is 1.81 bits per heavy atom. The number of aryl methyl sites for hydroxylation is 1. The van der Waals surface area contributed by atoms with Crippen molar-refractivity contribution < 1.29 is 0 Å². The molecule has 3 nitrogen and oxygen atoms in total. The standard InChI is InChI=1S/C13H15N3/c1-2-3-10-4-6-11(7-5-10)12-8-16-13(14)9-15-12/h4-9H,2-3H2,1H3,(H2,14,16). The van der Waals surface area contributed by atoms with E-state index in [1.54, 1.807) is 12.4 Å². The van der Waals surface area contributed by atoms with E-state index in [9.17, 15) is 0 Å². The molecule has 0 radical (unpaired) electrons. The van der Waals surface area contributed by atoms with Crippen LogP contribution in [-0.4, -0.2) is 9.97 Å². The van der Waals surface area contributed by atoms with Gasteiger partial charge in [0.1, 0.15) is 5.82 Å². The number of hydrogen-bond donors (Lipinski definition) is 1. The first-order chi connectivity index (χ1) is 7.79. The van der Waals surface area contributed by atoms with Crippen LogP contribution >= 0.6 is 0 Å². The van der Waals surface area contributed by atoms with E-state index < -0.39 is 0 Å². The van der Waals surface area contributed by atoms with Crippen molar-refractivity contribution in [3.63, 3.8) is 0 Å². The molecule has 0 spiro atoms. The maximum Gasteiger partial charge on any atom is 0.141 e. The molecule has 0 saturated heterocycles. The molecule has 0 atom stereocenters. The van der Waals surface area contributed by atoms with Gasteiger partial charge in [-0.1, -0.05) is 37.6 Å². The molecule has 0 saturated carbocycles. The zero-order valence-corrected chi connectivity index (χ0v) is 9.35. The summed E-state index contributed by atoms with van der Waals surface area (Å²) in [5, 5.41) is 0. The summed E-state index contributed by atoms with van der Waals surface area (Å²) >= 11 is 0. The monoisotopic (exact) mass is 213 g/mol. The fourth-order valence-electron chi connectivity index (χ4n) is 1.62. The Labute approximate surface area is 95.4 Å². The molecule has 0 unspecified atom stereocenters. The Balaban J connectivity index is 2.24. The van der Waals surface area contributed by atoms with Gasteiger partial charge in [0, 0.05) is 5.56 Å². The van der Waals surface area contributed by atoms with Crippen molar-refractivity contribution in [1.29, 1.82) is 0 Å². The molecule has 82 valence electrons. The second-order valence-corrected chi connectivity index (χ2v) is 3.77. The number of rotatable bonds is 3. The molecule has 0 aliphatic rings. The number of nitrogens with zero attached hydrogens (tertiary/aromatic N) is 2. The lowest BCUT2D eigenvalue weighted by molar-refractivity contribution is 0.922. The molecule has 0 aliphatic carbocycles. The molecule has 2 N–H and O–H groups in total. The average Bonchev–Trinajstić information content (AvgIpc) is 2.32. The highest BCUT2D eigenvalue weighted by Gasteiger charge is 1.99. The quantitative estimate of drug-likeness (QED) is 0.852. The molecular formula is C13H15N3. The lowest BCUT2D eigenvalue weighted by atomic mass is 10.1. The molecule has 1 aromatic carbocycles. The second kappa shape index (κ2) is 4.75. The summed E-state index contributed by atoms with van der Waals surface area (Å²) in [4.78, 5) is 8.27. The summed E-state index contributed by atoms with van der Waals surface area (Å²) in [7, 11) is 0. The van der Waals surface area contributed by atoms with E-state index in [4.69, 9.17) is 5.73 Å². The topological polar surface area (TPSA) is 51.8 Å². The predicted molar refractivity (Wildman–Crippen MR) is 65.9 cm³/mol. The minimum atomic E-state index is 0.450. The van der Waals surface area contributed by atoms with E-state index in [-0.39, 0.29) is 0 Å². The summed E-state index contributed by atoms with van der Waals surface area (Å²) < 4.78 is 0. The molecular weight excluding hydrogens is 198 g/mol. The number of anilines is 1. The highest BCUT2D eigenvalue weighted by atomic mass is 14.9. The SMILES string of the molecule is CCCc1ccc(-c2cnc(N)cn2)cc1. The molecule has 2 rings (SSSR count). The fourth-order valence-corrected chi connectivity index (χ4v) is 1.62. The van der Waals surface area contributed by atoms with Gasteiger partial charge in [-0.3, -0.25) is 4.98 Å². The van der Waals surface area contributed by atoms with Crippen molar-refractivity contribution in [1.82, 2.24) is 9.97 Å². The van der Waals surface area contributed by atoms with Gasteiger partial charge < -0.3 is 5.73 Å². The first kappa shape index (κ1) is 10.6. The summed E-state index contributed by atoms with van der Waals surface area (Å²) in [6.45, 7) is 2.18. The summed E-state index contributed by atoms with van der Waals surface area (Å²) in [5.41, 5.74) is 8.79. The first-order valence-electron chi connectivity index (χ1n) is 5.46. The zero-order chi connectivity index (χ0) is 11.4. The normalized spacial score (nSPS) is 10.3. The second-order valence-electron chi connectivity index (χ2n) is 3.77. The fraction of sp³-hybridized carbons (Fsp3) is 0.231. The van der Waals surface area contributed by atoms with E-state index in [2.05, 4.69) is 41.2 Å². The van der Waals surface area contributed by atoms with Gasteiger partial charge in [-0.05, 0) is 12.0 Å².